The molecular weight excluding hydrogens is 368 g/mol. The second kappa shape index (κ2) is 10.9. The molecule has 5 heteroatoms. The lowest BCUT2D eigenvalue weighted by Gasteiger charge is -2.17. The molecule has 1 aliphatic heterocycles. The van der Waals surface area contributed by atoms with Gasteiger partial charge in [0, 0.05) is 18.4 Å². The molecular formula is C24H36O5. The summed E-state index contributed by atoms with van der Waals surface area (Å²) in [5.41, 5.74) is 2.29. The standard InChI is InChI=1S/C24H36O5/c1-5-17(21-16-29-21)15-25-14-10-12-19-18-11-9-13-20(26-6-2)22(18)24(28-8-4)23(19)27-7-3/h9,11,13,17,19,21H,5-8,10,12,14-16H2,1-4H3. The SMILES string of the molecule is CCOC1=C(OCC)C(CCCOCC(CC)C2CO2)c2cccc(OCC)c21. The number of benzene rings is 1. The van der Waals surface area contributed by atoms with Crippen LogP contribution in [0.25, 0.3) is 5.76 Å². The largest absolute Gasteiger partial charge is 0.494 e. The van der Waals surface area contributed by atoms with Crippen LogP contribution in [-0.2, 0) is 18.9 Å². The lowest BCUT2D eigenvalue weighted by Crippen LogP contribution is -2.15. The summed E-state index contributed by atoms with van der Waals surface area (Å²) in [5.74, 6) is 3.37. The Morgan fingerprint density at radius 3 is 2.45 bits per heavy atom. The first kappa shape index (κ1) is 22.0. The highest BCUT2D eigenvalue weighted by molar-refractivity contribution is 5.77. The highest BCUT2D eigenvalue weighted by Crippen LogP contribution is 2.48. The van der Waals surface area contributed by atoms with E-state index in [1.54, 1.807) is 0 Å². The summed E-state index contributed by atoms with van der Waals surface area (Å²) in [5, 5.41) is 0. The van der Waals surface area contributed by atoms with Crippen LogP contribution < -0.4 is 4.74 Å². The molecule has 0 radical (unpaired) electrons. The second-order valence-corrected chi connectivity index (χ2v) is 7.52. The molecule has 3 unspecified atom stereocenters. The zero-order valence-corrected chi connectivity index (χ0v) is 18.4. The quantitative estimate of drug-likeness (QED) is 0.317. The molecule has 1 heterocycles. The maximum Gasteiger partial charge on any atom is 0.168 e. The van der Waals surface area contributed by atoms with E-state index < -0.39 is 0 Å². The zero-order chi connectivity index (χ0) is 20.6. The van der Waals surface area contributed by atoms with E-state index in [9.17, 15) is 0 Å². The van der Waals surface area contributed by atoms with Gasteiger partial charge in [-0.05, 0) is 51.7 Å². The summed E-state index contributed by atoms with van der Waals surface area (Å²) in [4.78, 5) is 0. The minimum Gasteiger partial charge on any atom is -0.494 e. The van der Waals surface area contributed by atoms with Crippen LogP contribution in [-0.4, -0.2) is 45.7 Å². The third-order valence-electron chi connectivity index (χ3n) is 5.61. The fourth-order valence-electron chi connectivity index (χ4n) is 4.12. The summed E-state index contributed by atoms with van der Waals surface area (Å²) >= 11 is 0. The molecule has 29 heavy (non-hydrogen) atoms. The lowest BCUT2D eigenvalue weighted by molar-refractivity contribution is 0.0822. The molecule has 2 aliphatic rings. The van der Waals surface area contributed by atoms with Crippen molar-refractivity contribution in [1.82, 2.24) is 0 Å². The van der Waals surface area contributed by atoms with Gasteiger partial charge in [0.2, 0.25) is 0 Å². The van der Waals surface area contributed by atoms with Crippen molar-refractivity contribution in [2.45, 2.75) is 59.0 Å². The van der Waals surface area contributed by atoms with Crippen LogP contribution in [0.5, 0.6) is 5.75 Å². The van der Waals surface area contributed by atoms with E-state index in [0.29, 0.717) is 31.8 Å². The molecule has 0 N–H and O–H groups in total. The highest BCUT2D eigenvalue weighted by atomic mass is 16.6. The van der Waals surface area contributed by atoms with Crippen molar-refractivity contribution in [3.63, 3.8) is 0 Å². The molecule has 5 nitrogen and oxygen atoms in total. The van der Waals surface area contributed by atoms with Crippen LogP contribution in [0.4, 0.5) is 0 Å². The summed E-state index contributed by atoms with van der Waals surface area (Å²) in [6, 6.07) is 6.25. The maximum absolute atomic E-state index is 6.09. The van der Waals surface area contributed by atoms with Crippen LogP contribution in [0.2, 0.25) is 0 Å². The Bertz CT molecular complexity index is 680. The van der Waals surface area contributed by atoms with Gasteiger partial charge in [-0.1, -0.05) is 19.1 Å². The summed E-state index contributed by atoms with van der Waals surface area (Å²) in [6.45, 7) is 12.5. The van der Waals surface area contributed by atoms with E-state index in [1.807, 2.05) is 26.8 Å². The van der Waals surface area contributed by atoms with E-state index in [4.69, 9.17) is 23.7 Å². The third kappa shape index (κ3) is 5.26. The number of hydrogen-bond acceptors (Lipinski definition) is 5. The molecule has 1 aromatic rings. The van der Waals surface area contributed by atoms with Gasteiger partial charge in [-0.25, -0.2) is 0 Å². The molecule has 0 bridgehead atoms. The van der Waals surface area contributed by atoms with Gasteiger partial charge in [0.1, 0.15) is 11.5 Å². The molecule has 162 valence electrons. The summed E-state index contributed by atoms with van der Waals surface area (Å²) in [7, 11) is 0. The molecule has 0 saturated carbocycles. The second-order valence-electron chi connectivity index (χ2n) is 7.52. The fourth-order valence-corrected chi connectivity index (χ4v) is 4.12. The van der Waals surface area contributed by atoms with E-state index in [-0.39, 0.29) is 5.92 Å². The predicted octanol–water partition coefficient (Wildman–Crippen LogP) is 5.15. The summed E-state index contributed by atoms with van der Waals surface area (Å²) < 4.78 is 29.4. The van der Waals surface area contributed by atoms with Gasteiger partial charge in [0.15, 0.2) is 5.76 Å². The van der Waals surface area contributed by atoms with Crippen molar-refractivity contribution in [2.24, 2.45) is 5.92 Å². The molecule has 0 amide bonds. The monoisotopic (exact) mass is 404 g/mol. The number of ether oxygens (including phenoxy) is 5. The van der Waals surface area contributed by atoms with Crippen molar-refractivity contribution >= 4 is 5.76 Å². The first-order valence-corrected chi connectivity index (χ1v) is 11.2. The van der Waals surface area contributed by atoms with Gasteiger partial charge in [0.25, 0.3) is 0 Å². The first-order chi connectivity index (χ1) is 14.2. The van der Waals surface area contributed by atoms with Crippen LogP contribution in [0.15, 0.2) is 24.0 Å². The van der Waals surface area contributed by atoms with Gasteiger partial charge in [-0.15, -0.1) is 0 Å². The zero-order valence-electron chi connectivity index (χ0n) is 18.4. The Kier molecular flexibility index (Phi) is 8.25. The van der Waals surface area contributed by atoms with Gasteiger partial charge < -0.3 is 23.7 Å². The van der Waals surface area contributed by atoms with E-state index in [1.165, 1.54) is 5.56 Å². The Balaban J connectivity index is 1.68. The van der Waals surface area contributed by atoms with Crippen LogP contribution in [0, 0.1) is 5.92 Å². The maximum atomic E-state index is 6.09. The van der Waals surface area contributed by atoms with Crippen LogP contribution in [0.3, 0.4) is 0 Å². The first-order valence-electron chi connectivity index (χ1n) is 11.2. The number of hydrogen-bond donors (Lipinski definition) is 0. The third-order valence-corrected chi connectivity index (χ3v) is 5.61. The number of fused-ring (bicyclic) bond motifs is 1. The van der Waals surface area contributed by atoms with Crippen molar-refractivity contribution < 1.29 is 23.7 Å². The smallest absolute Gasteiger partial charge is 0.168 e. The Morgan fingerprint density at radius 2 is 1.79 bits per heavy atom. The van der Waals surface area contributed by atoms with Crippen LogP contribution in [0.1, 0.15) is 64.0 Å². The molecule has 0 spiro atoms. The van der Waals surface area contributed by atoms with Crippen molar-refractivity contribution in [3.8, 4) is 5.75 Å². The summed E-state index contributed by atoms with van der Waals surface area (Å²) in [6.07, 6.45) is 3.46. The number of allylic oxidation sites excluding steroid dienone is 1. The van der Waals surface area contributed by atoms with Gasteiger partial charge in [0.05, 0.1) is 44.7 Å². The predicted molar refractivity (Wildman–Crippen MR) is 114 cm³/mol. The Hall–Kier alpha value is -1.72. The van der Waals surface area contributed by atoms with Gasteiger partial charge >= 0.3 is 0 Å². The molecule has 1 saturated heterocycles. The topological polar surface area (TPSA) is 49.5 Å². The van der Waals surface area contributed by atoms with Gasteiger partial charge in [-0.3, -0.25) is 0 Å². The van der Waals surface area contributed by atoms with Gasteiger partial charge in [-0.2, -0.15) is 0 Å². The average Bonchev–Trinajstić information content (AvgIpc) is 3.52. The molecule has 3 rings (SSSR count). The number of epoxide rings is 1. The van der Waals surface area contributed by atoms with Crippen LogP contribution >= 0.6 is 0 Å². The van der Waals surface area contributed by atoms with E-state index in [2.05, 4.69) is 19.1 Å². The number of rotatable bonds is 14. The minimum absolute atomic E-state index is 0.184. The van der Waals surface area contributed by atoms with Crippen molar-refractivity contribution in [3.05, 3.63) is 35.1 Å². The molecule has 1 aliphatic carbocycles. The van der Waals surface area contributed by atoms with Crippen molar-refractivity contribution in [2.75, 3.05) is 39.6 Å². The average molecular weight is 405 g/mol. The van der Waals surface area contributed by atoms with E-state index >= 15 is 0 Å². The normalized spacial score (nSPS) is 21.1. The minimum atomic E-state index is 0.184. The molecule has 1 aromatic carbocycles. The van der Waals surface area contributed by atoms with Crippen molar-refractivity contribution in [1.29, 1.82) is 0 Å². The van der Waals surface area contributed by atoms with E-state index in [0.717, 1.165) is 61.9 Å². The molecule has 0 aromatic heterocycles. The lowest BCUT2D eigenvalue weighted by atomic mass is 9.95. The highest BCUT2D eigenvalue weighted by Gasteiger charge is 2.36. The molecule has 1 fully saturated rings. The fraction of sp³-hybridized carbons (Fsp3) is 0.667. The molecule has 3 atom stereocenters. The Morgan fingerprint density at radius 1 is 1.03 bits per heavy atom. The Labute approximate surface area is 175 Å².